The maximum absolute atomic E-state index is 3.91. The minimum Gasteiger partial charge on any atom is -1.00 e. The smallest absolute Gasteiger partial charge is 1.00 e. The molecule has 4 nitrogen and oxygen atoms in total. The van der Waals surface area contributed by atoms with Gasteiger partial charge in [0.15, 0.2) is 5.65 Å². The largest absolute Gasteiger partial charge is 1.00 e. The van der Waals surface area contributed by atoms with Gasteiger partial charge in [-0.2, -0.15) is 0 Å². The van der Waals surface area contributed by atoms with E-state index in [1.807, 2.05) is 0 Å². The second kappa shape index (κ2) is 3.09. The van der Waals surface area contributed by atoms with Gasteiger partial charge in [-0.25, -0.2) is 15.0 Å². The molecule has 10 heavy (non-hydrogen) atoms. The van der Waals surface area contributed by atoms with E-state index < -0.39 is 0 Å². The fourth-order valence-corrected chi connectivity index (χ4v) is 0.691. The topological polar surface area (TPSA) is 54.5 Å². The SMILES string of the molecule is [H-].[Na+].c1ncc2[nH]cnc2n1. The van der Waals surface area contributed by atoms with Crippen LogP contribution in [0.5, 0.6) is 0 Å². The number of aromatic nitrogens is 4. The first-order valence-electron chi connectivity index (χ1n) is 2.56. The number of nitrogens with zero attached hydrogens (tertiary/aromatic N) is 3. The molecule has 0 spiro atoms. The van der Waals surface area contributed by atoms with Crippen molar-refractivity contribution in [2.24, 2.45) is 0 Å². The third kappa shape index (κ3) is 1.18. The zero-order valence-corrected chi connectivity index (χ0v) is 7.57. The summed E-state index contributed by atoms with van der Waals surface area (Å²) in [6.45, 7) is 0. The summed E-state index contributed by atoms with van der Waals surface area (Å²) >= 11 is 0. The Balaban J connectivity index is 0.000000500. The maximum atomic E-state index is 3.91. The van der Waals surface area contributed by atoms with Crippen molar-refractivity contribution >= 4 is 11.2 Å². The second-order valence-electron chi connectivity index (χ2n) is 1.66. The molecular weight excluding hydrogens is 139 g/mol. The normalized spacial score (nSPS) is 9.20. The molecule has 2 aromatic heterocycles. The monoisotopic (exact) mass is 144 g/mol. The van der Waals surface area contributed by atoms with Gasteiger partial charge >= 0.3 is 29.6 Å². The summed E-state index contributed by atoms with van der Waals surface area (Å²) in [4.78, 5) is 14.5. The average Bonchev–Trinajstić information content (AvgIpc) is 2.33. The van der Waals surface area contributed by atoms with Crippen LogP contribution in [0.25, 0.3) is 11.2 Å². The van der Waals surface area contributed by atoms with E-state index in [1.165, 1.54) is 6.33 Å². The molecule has 0 aliphatic heterocycles. The number of H-pyrrole nitrogens is 1. The van der Waals surface area contributed by atoms with Crippen LogP contribution in [0.2, 0.25) is 0 Å². The summed E-state index contributed by atoms with van der Waals surface area (Å²) < 4.78 is 0. The van der Waals surface area contributed by atoms with Crippen LogP contribution in [0.1, 0.15) is 1.43 Å². The van der Waals surface area contributed by atoms with Crippen molar-refractivity contribution < 1.29 is 31.0 Å². The molecule has 0 atom stereocenters. The molecule has 0 aliphatic carbocycles. The molecule has 5 heteroatoms. The van der Waals surface area contributed by atoms with Crippen LogP contribution in [-0.4, -0.2) is 19.9 Å². The van der Waals surface area contributed by atoms with Crippen LogP contribution in [0.15, 0.2) is 18.9 Å². The number of hydrogen-bond acceptors (Lipinski definition) is 3. The van der Waals surface area contributed by atoms with E-state index in [-0.39, 0.29) is 31.0 Å². The van der Waals surface area contributed by atoms with E-state index in [0.29, 0.717) is 5.65 Å². The van der Waals surface area contributed by atoms with Crippen LogP contribution in [-0.2, 0) is 0 Å². The Kier molecular flexibility index (Phi) is 2.37. The van der Waals surface area contributed by atoms with Gasteiger partial charge in [-0.3, -0.25) is 0 Å². The number of imidazole rings is 1. The summed E-state index contributed by atoms with van der Waals surface area (Å²) in [5.41, 5.74) is 1.59. The average molecular weight is 144 g/mol. The Hall–Kier alpha value is -0.450. The Morgan fingerprint density at radius 3 is 3.10 bits per heavy atom. The fraction of sp³-hybridized carbons (Fsp3) is 0. The van der Waals surface area contributed by atoms with Gasteiger partial charge in [0.2, 0.25) is 0 Å². The molecule has 2 aromatic rings. The minimum atomic E-state index is 0. The molecule has 1 N–H and O–H groups in total. The number of rotatable bonds is 0. The minimum absolute atomic E-state index is 0. The molecule has 0 saturated carbocycles. The first-order valence-corrected chi connectivity index (χ1v) is 2.56. The van der Waals surface area contributed by atoms with E-state index in [1.54, 1.807) is 12.5 Å². The third-order valence-corrected chi connectivity index (χ3v) is 1.10. The Morgan fingerprint density at radius 2 is 2.30 bits per heavy atom. The van der Waals surface area contributed by atoms with Crippen LogP contribution in [0.4, 0.5) is 0 Å². The van der Waals surface area contributed by atoms with E-state index in [9.17, 15) is 0 Å². The van der Waals surface area contributed by atoms with Crippen molar-refractivity contribution in [1.82, 2.24) is 19.9 Å². The molecule has 0 aromatic carbocycles. The van der Waals surface area contributed by atoms with Gasteiger partial charge in [-0.05, 0) is 0 Å². The van der Waals surface area contributed by atoms with Crippen molar-refractivity contribution in [2.75, 3.05) is 0 Å². The van der Waals surface area contributed by atoms with E-state index >= 15 is 0 Å². The van der Waals surface area contributed by atoms with Crippen molar-refractivity contribution in [3.05, 3.63) is 18.9 Å². The van der Waals surface area contributed by atoms with Crippen molar-refractivity contribution in [3.63, 3.8) is 0 Å². The molecule has 0 aliphatic rings. The summed E-state index contributed by atoms with van der Waals surface area (Å²) in [6, 6.07) is 0. The van der Waals surface area contributed by atoms with E-state index in [2.05, 4.69) is 19.9 Å². The fourth-order valence-electron chi connectivity index (χ4n) is 0.691. The zero-order chi connectivity index (χ0) is 6.10. The Bertz CT molecular complexity index is 292. The number of aromatic amines is 1. The molecule has 0 unspecified atom stereocenters. The van der Waals surface area contributed by atoms with Crippen molar-refractivity contribution in [3.8, 4) is 0 Å². The van der Waals surface area contributed by atoms with Crippen LogP contribution in [0, 0.1) is 0 Å². The summed E-state index contributed by atoms with van der Waals surface area (Å²) in [6.07, 6.45) is 4.76. The van der Waals surface area contributed by atoms with Gasteiger partial charge in [0.25, 0.3) is 0 Å². The number of fused-ring (bicyclic) bond motifs is 1. The van der Waals surface area contributed by atoms with Gasteiger partial charge in [0.1, 0.15) is 11.8 Å². The number of hydrogen-bond donors (Lipinski definition) is 1. The van der Waals surface area contributed by atoms with Gasteiger partial charge in [0, 0.05) is 0 Å². The molecule has 0 saturated heterocycles. The molecule has 2 heterocycles. The third-order valence-electron chi connectivity index (χ3n) is 1.10. The van der Waals surface area contributed by atoms with Gasteiger partial charge in [-0.1, -0.05) is 0 Å². The molecule has 46 valence electrons. The Morgan fingerprint density at radius 1 is 1.40 bits per heavy atom. The zero-order valence-electron chi connectivity index (χ0n) is 6.57. The summed E-state index contributed by atoms with van der Waals surface area (Å²) in [5.74, 6) is 0. The van der Waals surface area contributed by atoms with Crippen LogP contribution in [0.3, 0.4) is 0 Å². The molecule has 0 amide bonds. The Labute approximate surface area is 80.9 Å². The van der Waals surface area contributed by atoms with E-state index in [0.717, 1.165) is 5.52 Å². The van der Waals surface area contributed by atoms with Crippen molar-refractivity contribution in [2.45, 2.75) is 0 Å². The first kappa shape index (κ1) is 7.65. The summed E-state index contributed by atoms with van der Waals surface area (Å²) in [5, 5.41) is 0. The first-order chi connectivity index (χ1) is 4.47. The number of nitrogens with one attached hydrogen (secondary N) is 1. The van der Waals surface area contributed by atoms with Gasteiger partial charge < -0.3 is 6.41 Å². The predicted octanol–water partition coefficient (Wildman–Crippen LogP) is -2.53. The predicted molar refractivity (Wildman–Crippen MR) is 32.8 cm³/mol. The quantitative estimate of drug-likeness (QED) is 0.415. The molecule has 2 rings (SSSR count). The van der Waals surface area contributed by atoms with Gasteiger partial charge in [-0.15, -0.1) is 0 Å². The summed E-state index contributed by atoms with van der Waals surface area (Å²) in [7, 11) is 0. The van der Waals surface area contributed by atoms with Crippen molar-refractivity contribution in [1.29, 1.82) is 0 Å². The standard InChI is InChI=1S/C5H4N4.Na.H/c1-4-5(8-2-6-1)9-3-7-4;;/h1-3H,(H,6,7,8,9);;/q;+1;-1. The van der Waals surface area contributed by atoms with Gasteiger partial charge in [0.05, 0.1) is 12.5 Å². The molecule has 0 bridgehead atoms. The van der Waals surface area contributed by atoms with Crippen LogP contribution >= 0.6 is 0 Å². The van der Waals surface area contributed by atoms with E-state index in [4.69, 9.17) is 0 Å². The molecule has 0 radical (unpaired) electrons. The van der Waals surface area contributed by atoms with Crippen LogP contribution < -0.4 is 29.6 Å². The molecule has 0 fully saturated rings. The second-order valence-corrected chi connectivity index (χ2v) is 1.66. The maximum Gasteiger partial charge on any atom is 1.00 e. The molecular formula is C5H5N4Na.